The van der Waals surface area contributed by atoms with Gasteiger partial charge < -0.3 is 9.84 Å². The van der Waals surface area contributed by atoms with Crippen LogP contribution in [-0.4, -0.2) is 32.1 Å². The Morgan fingerprint density at radius 2 is 1.96 bits per heavy atom. The number of aliphatic hydroxyl groups is 1. The Kier molecular flexibility index (Phi) is 6.37. The lowest BCUT2D eigenvalue weighted by Gasteiger charge is -2.43. The Balaban J connectivity index is 1.97. The van der Waals surface area contributed by atoms with Gasteiger partial charge in [0.25, 0.3) is 0 Å². The molecular formula is C20H29N3O2. The van der Waals surface area contributed by atoms with Gasteiger partial charge in [0.15, 0.2) is 0 Å². The number of para-hydroxylation sites is 1. The highest BCUT2D eigenvalue weighted by Crippen LogP contribution is 2.42. The molecule has 2 rings (SSSR count). The van der Waals surface area contributed by atoms with Crippen LogP contribution in [0.25, 0.3) is 0 Å². The Bertz CT molecular complexity index is 635. The molecule has 136 valence electrons. The number of hydrogen-bond acceptors (Lipinski definition) is 4. The number of rotatable bonds is 9. The van der Waals surface area contributed by atoms with Gasteiger partial charge in [-0.2, -0.15) is 5.10 Å². The summed E-state index contributed by atoms with van der Waals surface area (Å²) in [6.45, 7) is 10.6. The molecule has 0 aliphatic carbocycles. The normalized spacial score (nSPS) is 15.4. The van der Waals surface area contributed by atoms with Crippen molar-refractivity contribution in [2.45, 2.75) is 51.7 Å². The Labute approximate surface area is 150 Å². The first kappa shape index (κ1) is 19.2. The predicted octanol–water partition coefficient (Wildman–Crippen LogP) is 4.03. The molecule has 1 aromatic carbocycles. The van der Waals surface area contributed by atoms with E-state index in [9.17, 15) is 5.11 Å². The fourth-order valence-electron chi connectivity index (χ4n) is 3.02. The van der Waals surface area contributed by atoms with Crippen LogP contribution < -0.4 is 4.74 Å². The lowest BCUT2D eigenvalue weighted by molar-refractivity contribution is -0.0637. The van der Waals surface area contributed by atoms with Crippen LogP contribution in [0, 0.1) is 5.41 Å². The summed E-state index contributed by atoms with van der Waals surface area (Å²) >= 11 is 0. The molecule has 0 saturated heterocycles. The van der Waals surface area contributed by atoms with Crippen molar-refractivity contribution >= 4 is 0 Å². The number of unbranched alkanes of at least 4 members (excludes halogenated alkanes) is 1. The second-order valence-electron chi connectivity index (χ2n) is 7.33. The maximum absolute atomic E-state index is 11.3. The van der Waals surface area contributed by atoms with Crippen LogP contribution in [0.15, 0.2) is 55.6 Å². The first-order chi connectivity index (χ1) is 11.9. The number of benzene rings is 1. The predicted molar refractivity (Wildman–Crippen MR) is 99.4 cm³/mol. The van der Waals surface area contributed by atoms with E-state index < -0.39 is 5.60 Å². The second-order valence-corrected chi connectivity index (χ2v) is 7.33. The molecule has 0 fully saturated rings. The first-order valence-electron chi connectivity index (χ1n) is 8.76. The number of hydrogen-bond donors (Lipinski definition) is 1. The van der Waals surface area contributed by atoms with Crippen LogP contribution in [-0.2, 0) is 0 Å². The van der Waals surface area contributed by atoms with E-state index in [1.54, 1.807) is 17.1 Å². The molecule has 2 aromatic rings. The monoisotopic (exact) mass is 343 g/mol. The van der Waals surface area contributed by atoms with Crippen molar-refractivity contribution in [3.63, 3.8) is 0 Å². The molecule has 2 unspecified atom stereocenters. The molecule has 1 heterocycles. The van der Waals surface area contributed by atoms with E-state index in [-0.39, 0.29) is 11.5 Å². The zero-order chi connectivity index (χ0) is 18.3. The van der Waals surface area contributed by atoms with Gasteiger partial charge in [-0.1, -0.05) is 45.0 Å². The van der Waals surface area contributed by atoms with E-state index in [2.05, 4.69) is 16.7 Å². The van der Waals surface area contributed by atoms with Gasteiger partial charge in [-0.05, 0) is 36.8 Å². The highest BCUT2D eigenvalue weighted by molar-refractivity contribution is 5.20. The molecule has 2 atom stereocenters. The zero-order valence-corrected chi connectivity index (χ0v) is 15.4. The van der Waals surface area contributed by atoms with Crippen molar-refractivity contribution in [3.8, 4) is 5.75 Å². The molecule has 0 saturated carbocycles. The topological polar surface area (TPSA) is 60.2 Å². The Morgan fingerprint density at radius 3 is 2.52 bits per heavy atom. The molecule has 0 amide bonds. The highest BCUT2D eigenvalue weighted by Gasteiger charge is 2.45. The molecule has 1 aromatic heterocycles. The second kappa shape index (κ2) is 8.30. The van der Waals surface area contributed by atoms with E-state index in [4.69, 9.17) is 4.74 Å². The van der Waals surface area contributed by atoms with Gasteiger partial charge in [0.05, 0.1) is 12.6 Å². The number of ether oxygens (including phenoxy) is 1. The molecule has 0 radical (unpaired) electrons. The highest BCUT2D eigenvalue weighted by atomic mass is 16.5. The first-order valence-corrected chi connectivity index (χ1v) is 8.76. The molecule has 5 heteroatoms. The summed E-state index contributed by atoms with van der Waals surface area (Å²) in [6.07, 6.45) is 7.37. The van der Waals surface area contributed by atoms with Gasteiger partial charge in [0.1, 0.15) is 24.0 Å². The summed E-state index contributed by atoms with van der Waals surface area (Å²) in [4.78, 5) is 4.04. The van der Waals surface area contributed by atoms with Gasteiger partial charge >= 0.3 is 0 Å². The van der Waals surface area contributed by atoms with E-state index in [1.807, 2.05) is 51.1 Å². The van der Waals surface area contributed by atoms with Crippen LogP contribution in [0.1, 0.15) is 46.1 Å². The summed E-state index contributed by atoms with van der Waals surface area (Å²) in [5.74, 6) is 0.882. The van der Waals surface area contributed by atoms with Gasteiger partial charge in [-0.3, -0.25) is 0 Å². The van der Waals surface area contributed by atoms with Crippen LogP contribution >= 0.6 is 0 Å². The largest absolute Gasteiger partial charge is 0.494 e. The quantitative estimate of drug-likeness (QED) is 0.551. The fourth-order valence-corrected chi connectivity index (χ4v) is 3.02. The maximum atomic E-state index is 11.3. The van der Waals surface area contributed by atoms with Crippen LogP contribution in [0.4, 0.5) is 0 Å². The zero-order valence-electron chi connectivity index (χ0n) is 15.4. The van der Waals surface area contributed by atoms with Crippen molar-refractivity contribution in [2.75, 3.05) is 6.61 Å². The fraction of sp³-hybridized carbons (Fsp3) is 0.500. The van der Waals surface area contributed by atoms with Crippen molar-refractivity contribution in [1.29, 1.82) is 0 Å². The molecule has 5 nitrogen and oxygen atoms in total. The van der Waals surface area contributed by atoms with E-state index in [0.29, 0.717) is 6.61 Å². The van der Waals surface area contributed by atoms with Crippen LogP contribution in [0.2, 0.25) is 0 Å². The molecule has 1 N–H and O–H groups in total. The molecule has 0 bridgehead atoms. The number of nitrogens with zero attached hydrogens (tertiary/aromatic N) is 3. The van der Waals surface area contributed by atoms with Crippen molar-refractivity contribution in [2.24, 2.45) is 5.41 Å². The SMILES string of the molecule is C=CC(O)(C(CCCCOc1ccccc1)n1cncn1)C(C)(C)C. The van der Waals surface area contributed by atoms with Crippen molar-refractivity contribution in [3.05, 3.63) is 55.6 Å². The lowest BCUT2D eigenvalue weighted by atomic mass is 9.70. The minimum absolute atomic E-state index is 0.218. The smallest absolute Gasteiger partial charge is 0.137 e. The minimum atomic E-state index is -1.08. The maximum Gasteiger partial charge on any atom is 0.137 e. The number of aromatic nitrogens is 3. The third-order valence-electron chi connectivity index (χ3n) is 4.66. The summed E-state index contributed by atoms with van der Waals surface area (Å²) in [5.41, 5.74) is -1.45. The molecule has 0 aliphatic heterocycles. The summed E-state index contributed by atoms with van der Waals surface area (Å²) in [5, 5.41) is 15.5. The standard InChI is InChI=1S/C20H29N3O2/c1-5-20(24,19(2,3)4)18(23-16-21-15-22-23)13-9-10-14-25-17-11-7-6-8-12-17/h5-8,11-12,15-16,18,24H,1,9-10,13-14H2,2-4H3. The summed E-state index contributed by atoms with van der Waals surface area (Å²) in [6, 6.07) is 9.58. The van der Waals surface area contributed by atoms with Crippen LogP contribution in [0.3, 0.4) is 0 Å². The van der Waals surface area contributed by atoms with Crippen molar-refractivity contribution < 1.29 is 9.84 Å². The van der Waals surface area contributed by atoms with E-state index in [0.717, 1.165) is 25.0 Å². The average molecular weight is 343 g/mol. The Hall–Kier alpha value is -2.14. The van der Waals surface area contributed by atoms with Crippen molar-refractivity contribution in [1.82, 2.24) is 14.8 Å². The minimum Gasteiger partial charge on any atom is -0.494 e. The van der Waals surface area contributed by atoms with Gasteiger partial charge in [0, 0.05) is 0 Å². The molecule has 0 aliphatic rings. The molecule has 0 spiro atoms. The van der Waals surface area contributed by atoms with Gasteiger partial charge in [0.2, 0.25) is 0 Å². The summed E-state index contributed by atoms with van der Waals surface area (Å²) < 4.78 is 7.48. The van der Waals surface area contributed by atoms with Gasteiger partial charge in [-0.25, -0.2) is 9.67 Å². The van der Waals surface area contributed by atoms with E-state index in [1.165, 1.54) is 6.33 Å². The Morgan fingerprint density at radius 1 is 1.24 bits per heavy atom. The molecule has 25 heavy (non-hydrogen) atoms. The van der Waals surface area contributed by atoms with Crippen LogP contribution in [0.5, 0.6) is 5.75 Å². The van der Waals surface area contributed by atoms with E-state index >= 15 is 0 Å². The third-order valence-corrected chi connectivity index (χ3v) is 4.66. The summed E-state index contributed by atoms with van der Waals surface area (Å²) in [7, 11) is 0. The van der Waals surface area contributed by atoms with Gasteiger partial charge in [-0.15, -0.1) is 6.58 Å². The third kappa shape index (κ3) is 4.69. The lowest BCUT2D eigenvalue weighted by Crippen LogP contribution is -2.48. The molecular weight excluding hydrogens is 314 g/mol. The average Bonchev–Trinajstić information content (AvgIpc) is 3.11.